The van der Waals surface area contributed by atoms with E-state index in [4.69, 9.17) is 21.1 Å². The summed E-state index contributed by atoms with van der Waals surface area (Å²) in [4.78, 5) is 56.2. The van der Waals surface area contributed by atoms with Crippen LogP contribution in [0.5, 0.6) is 0 Å². The third kappa shape index (κ3) is 12.8. The first kappa shape index (κ1) is 39.6. The normalized spacial score (nSPS) is 23.1. The number of sulfonamides is 1. The van der Waals surface area contributed by atoms with Gasteiger partial charge in [-0.15, -0.1) is 0 Å². The fraction of sp³-hybridized carbons (Fsp3) is 0.722. The molecule has 3 amide bonds. The number of rotatable bonds is 18. The van der Waals surface area contributed by atoms with Crippen molar-refractivity contribution in [1.29, 1.82) is 0 Å². The van der Waals surface area contributed by atoms with E-state index in [-0.39, 0.29) is 31.9 Å². The third-order valence-corrected chi connectivity index (χ3v) is 11.5. The van der Waals surface area contributed by atoms with Crippen molar-refractivity contribution in [3.63, 3.8) is 0 Å². The molecule has 0 radical (unpaired) electrons. The second-order valence-corrected chi connectivity index (χ2v) is 16.9. The maximum atomic E-state index is 14.2. The zero-order valence-electron chi connectivity index (χ0n) is 29.6. The molecule has 0 aromatic heterocycles. The van der Waals surface area contributed by atoms with Crippen LogP contribution in [0.3, 0.4) is 0 Å². The number of hydrogen-bond donors (Lipinski definition) is 4. The Bertz CT molecular complexity index is 1450. The van der Waals surface area contributed by atoms with Crippen molar-refractivity contribution in [2.75, 3.05) is 45.6 Å². The molecular weight excluding hydrogens is 698 g/mol. The largest absolute Gasteiger partial charge is 0.381 e. The minimum atomic E-state index is -3.76. The van der Waals surface area contributed by atoms with E-state index in [1.54, 1.807) is 12.1 Å². The summed E-state index contributed by atoms with van der Waals surface area (Å²) in [6.45, 7) is 3.79. The molecule has 4 aliphatic rings. The second kappa shape index (κ2) is 18.9. The van der Waals surface area contributed by atoms with Gasteiger partial charge in [-0.2, -0.15) is 0 Å². The summed E-state index contributed by atoms with van der Waals surface area (Å²) in [5.41, 5.74) is 0.863. The zero-order valence-corrected chi connectivity index (χ0v) is 31.2. The van der Waals surface area contributed by atoms with E-state index in [0.29, 0.717) is 49.5 Å². The van der Waals surface area contributed by atoms with E-state index in [0.717, 1.165) is 69.9 Å². The number of nitrogens with zero attached hydrogens (tertiary/aromatic N) is 1. The van der Waals surface area contributed by atoms with Crippen LogP contribution in [-0.4, -0.2) is 107 Å². The lowest BCUT2D eigenvalue weighted by molar-refractivity contribution is -0.143. The lowest BCUT2D eigenvalue weighted by Gasteiger charge is -2.30. The predicted octanol–water partition coefficient (Wildman–Crippen LogP) is 2.31. The topological polar surface area (TPSA) is 172 Å². The third-order valence-electron chi connectivity index (χ3n) is 10.5. The van der Waals surface area contributed by atoms with Gasteiger partial charge in [0.05, 0.1) is 25.0 Å². The van der Waals surface area contributed by atoms with Gasteiger partial charge in [-0.25, -0.2) is 13.1 Å². The minimum absolute atomic E-state index is 0.0632. The molecule has 0 unspecified atom stereocenters. The Morgan fingerprint density at radius 2 is 1.65 bits per heavy atom. The number of likely N-dealkylation sites (tertiary alicyclic amines) is 1. The second-order valence-electron chi connectivity index (χ2n) is 14.7. The molecule has 0 spiro atoms. The first-order valence-corrected chi connectivity index (χ1v) is 20.8. The van der Waals surface area contributed by atoms with Crippen molar-refractivity contribution in [3.8, 4) is 0 Å². The van der Waals surface area contributed by atoms with Crippen LogP contribution in [0, 0.1) is 17.8 Å². The predicted molar refractivity (Wildman–Crippen MR) is 192 cm³/mol. The molecule has 284 valence electrons. The summed E-state index contributed by atoms with van der Waals surface area (Å²) in [6.07, 6.45) is 8.21. The van der Waals surface area contributed by atoms with Gasteiger partial charge in [-0.1, -0.05) is 36.6 Å². The number of ether oxygens (including phenoxy) is 2. The van der Waals surface area contributed by atoms with E-state index in [2.05, 4.69) is 20.7 Å². The Morgan fingerprint density at radius 1 is 0.961 bits per heavy atom. The number of benzene rings is 1. The van der Waals surface area contributed by atoms with Gasteiger partial charge < -0.3 is 30.3 Å². The monoisotopic (exact) mass is 751 g/mol. The highest BCUT2D eigenvalue weighted by molar-refractivity contribution is 7.88. The number of piperidine rings is 1. The van der Waals surface area contributed by atoms with Crippen LogP contribution in [0.2, 0.25) is 5.02 Å². The first-order valence-electron chi connectivity index (χ1n) is 18.5. The number of halogens is 1. The number of hydrogen-bond acceptors (Lipinski definition) is 9. The summed E-state index contributed by atoms with van der Waals surface area (Å²) >= 11 is 6.04. The molecule has 1 saturated carbocycles. The van der Waals surface area contributed by atoms with Crippen molar-refractivity contribution in [2.45, 2.75) is 101 Å². The molecule has 4 fully saturated rings. The fourth-order valence-corrected chi connectivity index (χ4v) is 8.19. The highest BCUT2D eigenvalue weighted by Gasteiger charge is 2.44. The van der Waals surface area contributed by atoms with Crippen LogP contribution >= 0.6 is 11.6 Å². The van der Waals surface area contributed by atoms with Gasteiger partial charge in [0.1, 0.15) is 12.1 Å². The van der Waals surface area contributed by atoms with E-state index in [1.807, 2.05) is 12.1 Å². The molecule has 1 aliphatic carbocycles. The Hall–Kier alpha value is -2.62. The zero-order chi connectivity index (χ0) is 36.4. The molecular formula is C36H54ClN5O8S. The van der Waals surface area contributed by atoms with Crippen LogP contribution < -0.4 is 20.7 Å². The van der Waals surface area contributed by atoms with Gasteiger partial charge in [0.15, 0.2) is 0 Å². The lowest BCUT2D eigenvalue weighted by Crippen LogP contribution is -2.56. The van der Waals surface area contributed by atoms with E-state index in [1.165, 1.54) is 4.90 Å². The van der Waals surface area contributed by atoms with E-state index in [9.17, 15) is 27.6 Å². The smallest absolute Gasteiger partial charge is 0.289 e. The van der Waals surface area contributed by atoms with Crippen molar-refractivity contribution in [2.24, 2.45) is 17.8 Å². The highest BCUT2D eigenvalue weighted by atomic mass is 35.5. The molecule has 4 N–H and O–H groups in total. The molecule has 3 saturated heterocycles. The molecule has 13 nitrogen and oxygen atoms in total. The average molecular weight is 752 g/mol. The SMILES string of the molecule is CS(=O)(=O)N[C@H](CCC1CCNCC1)C(=O)N1C[C@H](OCc2ccc(Cl)cc2)C[C@H]1C(=O)N[C@@H](CC1CC1)C(=O)C(=O)NCCC1CCOCC1. The maximum absolute atomic E-state index is 14.2. The van der Waals surface area contributed by atoms with Gasteiger partial charge >= 0.3 is 0 Å². The molecule has 15 heteroatoms. The standard InChI is InChI=1S/C36H54ClN5O8S/c1-51(47,48)41-30(9-6-24-10-15-38-16-11-24)36(46)42-22-29(50-23-27-4-7-28(37)8-5-27)21-32(42)34(44)40-31(20-26-2-3-26)33(43)35(45)39-17-12-25-13-18-49-19-14-25/h4-5,7-8,24-26,29-32,38,41H,2-3,6,9-23H2,1H3,(H,39,45)(H,40,44)/t29-,30-,31+,32+/m1/s1. The number of carbonyl (C=O) groups is 4. The molecule has 1 aromatic carbocycles. The lowest BCUT2D eigenvalue weighted by atomic mass is 9.91. The maximum Gasteiger partial charge on any atom is 0.289 e. The van der Waals surface area contributed by atoms with Gasteiger partial charge in [0.25, 0.3) is 5.91 Å². The van der Waals surface area contributed by atoms with Crippen LogP contribution in [0.15, 0.2) is 24.3 Å². The Kier molecular flexibility index (Phi) is 14.7. The molecule has 1 aromatic rings. The van der Waals surface area contributed by atoms with Crippen molar-refractivity contribution in [1.82, 2.24) is 25.6 Å². The van der Waals surface area contributed by atoms with Crippen LogP contribution in [-0.2, 0) is 45.3 Å². The molecule has 4 atom stereocenters. The molecule has 3 aliphatic heterocycles. The van der Waals surface area contributed by atoms with Crippen LogP contribution in [0.1, 0.15) is 76.2 Å². The number of amides is 3. The van der Waals surface area contributed by atoms with Gasteiger partial charge in [-0.05, 0) is 99.9 Å². The summed E-state index contributed by atoms with van der Waals surface area (Å²) in [7, 11) is -3.76. The van der Waals surface area contributed by atoms with E-state index >= 15 is 0 Å². The van der Waals surface area contributed by atoms with E-state index < -0.39 is 57.8 Å². The number of nitrogens with one attached hydrogen (secondary N) is 4. The number of Topliss-reactive ketones (excluding diaryl/α,β-unsaturated/α-hetero) is 1. The summed E-state index contributed by atoms with van der Waals surface area (Å²) < 4.78 is 39.0. The van der Waals surface area contributed by atoms with Crippen LogP contribution in [0.4, 0.5) is 0 Å². The number of ketones is 1. The first-order chi connectivity index (χ1) is 24.4. The van der Waals surface area contributed by atoms with Crippen molar-refractivity contribution < 1.29 is 37.1 Å². The summed E-state index contributed by atoms with van der Waals surface area (Å²) in [5.74, 6) is -1.50. The van der Waals surface area contributed by atoms with Gasteiger partial charge in [0, 0.05) is 37.7 Å². The quantitative estimate of drug-likeness (QED) is 0.164. The highest BCUT2D eigenvalue weighted by Crippen LogP contribution is 2.34. The van der Waals surface area contributed by atoms with Crippen molar-refractivity contribution in [3.05, 3.63) is 34.9 Å². The van der Waals surface area contributed by atoms with Gasteiger partial charge in [0.2, 0.25) is 27.6 Å². The fourth-order valence-electron chi connectivity index (χ4n) is 7.33. The molecule has 51 heavy (non-hydrogen) atoms. The minimum Gasteiger partial charge on any atom is -0.381 e. The summed E-state index contributed by atoms with van der Waals surface area (Å²) in [5, 5.41) is 9.49. The Morgan fingerprint density at radius 3 is 2.31 bits per heavy atom. The summed E-state index contributed by atoms with van der Waals surface area (Å²) in [6, 6.07) is 4.04. The number of carbonyl (C=O) groups excluding carboxylic acids is 4. The van der Waals surface area contributed by atoms with Crippen LogP contribution in [0.25, 0.3) is 0 Å². The molecule has 3 heterocycles. The molecule has 0 bridgehead atoms. The Labute approximate surface area is 306 Å². The van der Waals surface area contributed by atoms with Crippen molar-refractivity contribution >= 4 is 45.1 Å². The average Bonchev–Trinajstić information content (AvgIpc) is 3.84. The molecule has 5 rings (SSSR count). The van der Waals surface area contributed by atoms with Gasteiger partial charge in [-0.3, -0.25) is 19.2 Å². The Balaban J connectivity index is 1.28.